The highest BCUT2D eigenvalue weighted by atomic mass is 32.1. The van der Waals surface area contributed by atoms with E-state index in [0.717, 1.165) is 0 Å². The third-order valence-corrected chi connectivity index (χ3v) is 7.85. The summed E-state index contributed by atoms with van der Waals surface area (Å²) in [5.41, 5.74) is 2.06. The van der Waals surface area contributed by atoms with E-state index in [4.69, 9.17) is 24.7 Å². The quantitative estimate of drug-likeness (QED) is 0.198. The number of thiophene rings is 2. The number of esters is 4. The van der Waals surface area contributed by atoms with E-state index in [9.17, 15) is 29.1 Å². The van der Waals surface area contributed by atoms with Crippen molar-refractivity contribution >= 4 is 52.5 Å². The maximum Gasteiger partial charge on any atom is 0.348 e. The number of carboxylic acid groups (broad SMARTS) is 1. The third-order valence-electron chi connectivity index (χ3n) is 6.15. The Labute approximate surface area is 256 Å². The molecule has 230 valence electrons. The molecule has 2 aromatic heterocycles. The summed E-state index contributed by atoms with van der Waals surface area (Å²) in [4.78, 5) is 63.3. The number of rotatable bonds is 13. The molecular weight excluding hydrogens is 598 g/mol. The zero-order valence-electron chi connectivity index (χ0n) is 24.3. The van der Waals surface area contributed by atoms with Gasteiger partial charge >= 0.3 is 29.8 Å². The normalized spacial score (nSPS) is 13.0. The largest absolute Gasteiger partial charge is 0.480 e. The minimum atomic E-state index is -1.64. The minimum Gasteiger partial charge on any atom is -0.480 e. The van der Waals surface area contributed by atoms with E-state index in [0.29, 0.717) is 15.3 Å². The van der Waals surface area contributed by atoms with E-state index < -0.39 is 46.2 Å². The third kappa shape index (κ3) is 8.96. The Morgan fingerprint density at radius 3 is 1.63 bits per heavy atom. The van der Waals surface area contributed by atoms with Crippen LogP contribution in [0.2, 0.25) is 0 Å². The molecule has 0 amide bonds. The number of ether oxygens (including phenoxy) is 4. The first-order chi connectivity index (χ1) is 20.0. The van der Waals surface area contributed by atoms with Crippen LogP contribution in [0.25, 0.3) is 0 Å². The Hall–Kier alpha value is -4.07. The fourth-order valence-corrected chi connectivity index (χ4v) is 4.58. The molecule has 2 heterocycles. The summed E-state index contributed by atoms with van der Waals surface area (Å²) < 4.78 is 21.8. The minimum absolute atomic E-state index is 0.132. The second-order valence-corrected chi connectivity index (χ2v) is 13.2. The average Bonchev–Trinajstić information content (AvgIpc) is 3.67. The molecule has 0 saturated heterocycles. The van der Waals surface area contributed by atoms with Crippen LogP contribution >= 0.6 is 22.7 Å². The van der Waals surface area contributed by atoms with Crippen LogP contribution in [0.5, 0.6) is 11.5 Å². The van der Waals surface area contributed by atoms with Gasteiger partial charge in [0.05, 0.1) is 10.8 Å². The van der Waals surface area contributed by atoms with Gasteiger partial charge in [-0.05, 0) is 75.2 Å². The predicted octanol–water partition coefficient (Wildman–Crippen LogP) is 4.73. The van der Waals surface area contributed by atoms with E-state index in [-0.39, 0.29) is 31.1 Å². The molecule has 0 aliphatic carbocycles. The summed E-state index contributed by atoms with van der Waals surface area (Å²) in [6, 6.07) is 10.8. The molecule has 1 atom stereocenters. The molecule has 13 heteroatoms. The number of hydrogen-bond acceptors (Lipinski definition) is 12. The fourth-order valence-electron chi connectivity index (χ4n) is 3.34. The molecule has 0 bridgehead atoms. The van der Waals surface area contributed by atoms with Gasteiger partial charge in [-0.2, -0.15) is 0 Å². The molecule has 11 nitrogen and oxygen atoms in total. The summed E-state index contributed by atoms with van der Waals surface area (Å²) in [7, 11) is 0. The lowest BCUT2D eigenvalue weighted by molar-refractivity contribution is -0.149. The van der Waals surface area contributed by atoms with Crippen LogP contribution in [0, 0.1) is 10.8 Å². The van der Waals surface area contributed by atoms with Crippen LogP contribution in [0.3, 0.4) is 0 Å². The van der Waals surface area contributed by atoms with Crippen molar-refractivity contribution in [2.24, 2.45) is 16.6 Å². The van der Waals surface area contributed by atoms with E-state index in [2.05, 4.69) is 0 Å². The molecule has 0 radical (unpaired) electrons. The van der Waals surface area contributed by atoms with Gasteiger partial charge in [-0.3, -0.25) is 14.4 Å². The first-order valence-corrected chi connectivity index (χ1v) is 14.8. The van der Waals surface area contributed by atoms with Gasteiger partial charge in [-0.15, -0.1) is 22.7 Å². The van der Waals surface area contributed by atoms with Crippen LogP contribution in [-0.2, 0) is 30.3 Å². The van der Waals surface area contributed by atoms with Crippen LogP contribution in [0.1, 0.15) is 59.5 Å². The maximum absolute atomic E-state index is 13.2. The van der Waals surface area contributed by atoms with Crippen LogP contribution < -0.4 is 15.2 Å². The van der Waals surface area contributed by atoms with Crippen molar-refractivity contribution in [2.75, 3.05) is 13.2 Å². The SMILES string of the molecule is CC(C)(COC(=O)c1cccs1)C(=O)Oc1ccc(CC(C)(N)C(=O)O)cc1OC(=O)C(C)(C)COC(=O)c1cccs1. The van der Waals surface area contributed by atoms with Crippen LogP contribution in [-0.4, -0.2) is 53.7 Å². The zero-order valence-corrected chi connectivity index (χ0v) is 26.0. The first kappa shape index (κ1) is 33.4. The van der Waals surface area contributed by atoms with Gasteiger partial charge in [-0.25, -0.2) is 9.59 Å². The summed E-state index contributed by atoms with van der Waals surface area (Å²) in [5, 5.41) is 12.9. The molecule has 1 unspecified atom stereocenters. The van der Waals surface area contributed by atoms with Crippen molar-refractivity contribution in [3.63, 3.8) is 0 Å². The molecule has 0 fully saturated rings. The lowest BCUT2D eigenvalue weighted by Gasteiger charge is -2.25. The highest BCUT2D eigenvalue weighted by Gasteiger charge is 2.36. The van der Waals surface area contributed by atoms with Crippen LogP contribution in [0.4, 0.5) is 0 Å². The van der Waals surface area contributed by atoms with Crippen molar-refractivity contribution in [2.45, 2.75) is 46.6 Å². The number of carboxylic acids is 1. The van der Waals surface area contributed by atoms with Crippen molar-refractivity contribution < 1.29 is 48.0 Å². The number of aliphatic carboxylic acids is 1. The lowest BCUT2D eigenvalue weighted by Crippen LogP contribution is -2.46. The van der Waals surface area contributed by atoms with Crippen LogP contribution in [0.15, 0.2) is 53.2 Å². The Morgan fingerprint density at radius 2 is 1.21 bits per heavy atom. The van der Waals surface area contributed by atoms with Gasteiger partial charge in [0.1, 0.15) is 28.5 Å². The zero-order chi connectivity index (χ0) is 32.0. The predicted molar refractivity (Wildman–Crippen MR) is 158 cm³/mol. The Bertz CT molecular complexity index is 1470. The summed E-state index contributed by atoms with van der Waals surface area (Å²) in [6.07, 6.45) is -0.132. The van der Waals surface area contributed by atoms with E-state index in [1.54, 1.807) is 35.0 Å². The summed E-state index contributed by atoms with van der Waals surface area (Å²) >= 11 is 2.40. The fraction of sp³-hybridized carbons (Fsp3) is 0.367. The van der Waals surface area contributed by atoms with Gasteiger partial charge in [-0.1, -0.05) is 18.2 Å². The molecule has 3 rings (SSSR count). The van der Waals surface area contributed by atoms with Gasteiger partial charge in [0.15, 0.2) is 11.5 Å². The highest BCUT2D eigenvalue weighted by Crippen LogP contribution is 2.34. The number of hydrogen-bond donors (Lipinski definition) is 2. The van der Waals surface area contributed by atoms with Gasteiger partial charge in [0, 0.05) is 6.42 Å². The number of benzene rings is 1. The number of nitrogens with two attached hydrogens (primary N) is 1. The molecule has 0 aliphatic heterocycles. The van der Waals surface area contributed by atoms with Crippen molar-refractivity contribution in [3.05, 3.63) is 68.5 Å². The molecule has 43 heavy (non-hydrogen) atoms. The molecule has 0 saturated carbocycles. The molecule has 1 aromatic carbocycles. The lowest BCUT2D eigenvalue weighted by atomic mass is 9.93. The first-order valence-electron chi connectivity index (χ1n) is 13.0. The molecular formula is C30H33NO10S2. The van der Waals surface area contributed by atoms with Crippen molar-refractivity contribution in [1.29, 1.82) is 0 Å². The van der Waals surface area contributed by atoms with Gasteiger partial charge in [0.25, 0.3) is 0 Å². The summed E-state index contributed by atoms with van der Waals surface area (Å²) in [6.45, 7) is 6.81. The van der Waals surface area contributed by atoms with E-state index in [1.807, 2.05) is 0 Å². The summed E-state index contributed by atoms with van der Waals surface area (Å²) in [5.74, 6) is -4.32. The van der Waals surface area contributed by atoms with E-state index in [1.165, 1.54) is 75.5 Å². The standard InChI is InChI=1S/C30H33NO10S2/c1-28(2,16-38-23(32)21-8-6-12-42-21)26(36)40-19-11-10-18(15-30(5,31)25(34)35)14-20(19)41-27(37)29(3,4)17-39-24(33)22-9-7-13-43-22/h6-14H,15-17,31H2,1-5H3,(H,34,35). The Balaban J connectivity index is 1.80. The monoisotopic (exact) mass is 631 g/mol. The van der Waals surface area contributed by atoms with Gasteiger partial charge in [0.2, 0.25) is 0 Å². The second-order valence-electron chi connectivity index (χ2n) is 11.3. The Kier molecular flexibility index (Phi) is 10.5. The van der Waals surface area contributed by atoms with Crippen molar-refractivity contribution in [3.8, 4) is 11.5 Å². The van der Waals surface area contributed by atoms with Crippen molar-refractivity contribution in [1.82, 2.24) is 0 Å². The second kappa shape index (κ2) is 13.5. The van der Waals surface area contributed by atoms with E-state index >= 15 is 0 Å². The average molecular weight is 632 g/mol. The number of carbonyl (C=O) groups is 5. The smallest absolute Gasteiger partial charge is 0.348 e. The van der Waals surface area contributed by atoms with Gasteiger partial charge < -0.3 is 29.8 Å². The molecule has 0 aliphatic rings. The maximum atomic E-state index is 13.2. The Morgan fingerprint density at radius 1 is 0.744 bits per heavy atom. The molecule has 3 aromatic rings. The highest BCUT2D eigenvalue weighted by molar-refractivity contribution is 7.12. The number of carbonyl (C=O) groups excluding carboxylic acids is 4. The topological polar surface area (TPSA) is 169 Å². The molecule has 0 spiro atoms. The molecule has 3 N–H and O–H groups in total.